The molecule has 2 atom stereocenters. The highest BCUT2D eigenvalue weighted by Crippen LogP contribution is 2.48. The van der Waals surface area contributed by atoms with Gasteiger partial charge in [0.05, 0.1) is 25.2 Å². The van der Waals surface area contributed by atoms with Gasteiger partial charge in [0.25, 0.3) is 5.91 Å². The Hall–Kier alpha value is -3.80. The highest BCUT2D eigenvalue weighted by Gasteiger charge is 2.46. The Morgan fingerprint density at radius 2 is 1.73 bits per heavy atom. The van der Waals surface area contributed by atoms with Crippen LogP contribution in [0.15, 0.2) is 60.7 Å². The molecule has 0 radical (unpaired) electrons. The van der Waals surface area contributed by atoms with Crippen LogP contribution in [0.5, 0.6) is 11.5 Å². The number of amides is 2. The van der Waals surface area contributed by atoms with Gasteiger partial charge in [0, 0.05) is 18.7 Å². The molecule has 3 aromatic carbocycles. The average molecular weight is 499 g/mol. The maximum Gasteiger partial charge on any atom is 0.254 e. The SMILES string of the molecule is CCOc1cc2c(cc1OCC)[C@H]1[C@@H](C(=O)NCCc3cccc(C)c3)c3ccccc3C(=O)N1CC2. The van der Waals surface area contributed by atoms with Crippen LogP contribution in [0, 0.1) is 6.92 Å². The first-order chi connectivity index (χ1) is 18.0. The van der Waals surface area contributed by atoms with Crippen molar-refractivity contribution in [2.45, 2.75) is 45.6 Å². The molecule has 2 amide bonds. The molecule has 0 aliphatic carbocycles. The summed E-state index contributed by atoms with van der Waals surface area (Å²) in [6.07, 6.45) is 1.45. The predicted octanol–water partition coefficient (Wildman–Crippen LogP) is 4.99. The second-order valence-corrected chi connectivity index (χ2v) is 9.65. The fourth-order valence-electron chi connectivity index (χ4n) is 5.66. The Bertz CT molecular complexity index is 1320. The molecule has 2 aliphatic heterocycles. The van der Waals surface area contributed by atoms with E-state index in [4.69, 9.17) is 9.47 Å². The molecule has 192 valence electrons. The van der Waals surface area contributed by atoms with E-state index in [1.807, 2.05) is 61.2 Å². The van der Waals surface area contributed by atoms with E-state index in [9.17, 15) is 9.59 Å². The van der Waals surface area contributed by atoms with Gasteiger partial charge in [0.2, 0.25) is 5.91 Å². The lowest BCUT2D eigenvalue weighted by atomic mass is 9.75. The molecule has 0 unspecified atom stereocenters. The molecule has 0 bridgehead atoms. The lowest BCUT2D eigenvalue weighted by Gasteiger charge is -2.45. The van der Waals surface area contributed by atoms with Crippen molar-refractivity contribution in [1.82, 2.24) is 10.2 Å². The molecule has 1 N–H and O–H groups in total. The Morgan fingerprint density at radius 3 is 2.49 bits per heavy atom. The van der Waals surface area contributed by atoms with Crippen LogP contribution in [0.3, 0.4) is 0 Å². The first-order valence-corrected chi connectivity index (χ1v) is 13.2. The number of nitrogens with zero attached hydrogens (tertiary/aromatic N) is 1. The average Bonchev–Trinajstić information content (AvgIpc) is 2.89. The van der Waals surface area contributed by atoms with Gasteiger partial charge >= 0.3 is 0 Å². The Kier molecular flexibility index (Phi) is 7.17. The monoisotopic (exact) mass is 498 g/mol. The quantitative estimate of drug-likeness (QED) is 0.475. The molecule has 6 nitrogen and oxygen atoms in total. The minimum atomic E-state index is -0.516. The van der Waals surface area contributed by atoms with E-state index >= 15 is 0 Å². The Balaban J connectivity index is 1.52. The van der Waals surface area contributed by atoms with E-state index < -0.39 is 12.0 Å². The third kappa shape index (κ3) is 4.80. The lowest BCUT2D eigenvalue weighted by molar-refractivity contribution is -0.124. The zero-order valence-electron chi connectivity index (χ0n) is 21.8. The van der Waals surface area contributed by atoms with Crippen molar-refractivity contribution >= 4 is 11.8 Å². The minimum Gasteiger partial charge on any atom is -0.490 e. The normalized spacial score (nSPS) is 17.9. The van der Waals surface area contributed by atoms with Crippen LogP contribution in [0.25, 0.3) is 0 Å². The van der Waals surface area contributed by atoms with Gasteiger partial charge in [-0.1, -0.05) is 48.0 Å². The van der Waals surface area contributed by atoms with E-state index in [0.29, 0.717) is 49.8 Å². The summed E-state index contributed by atoms with van der Waals surface area (Å²) >= 11 is 0. The first kappa shape index (κ1) is 24.9. The molecule has 0 saturated heterocycles. The minimum absolute atomic E-state index is 0.0260. The zero-order chi connectivity index (χ0) is 25.9. The highest BCUT2D eigenvalue weighted by atomic mass is 16.5. The van der Waals surface area contributed by atoms with Crippen molar-refractivity contribution in [1.29, 1.82) is 0 Å². The van der Waals surface area contributed by atoms with E-state index in [-0.39, 0.29) is 11.8 Å². The third-order valence-corrected chi connectivity index (χ3v) is 7.26. The second kappa shape index (κ2) is 10.7. The molecule has 0 spiro atoms. The van der Waals surface area contributed by atoms with Crippen molar-refractivity contribution in [2.75, 3.05) is 26.3 Å². The number of rotatable bonds is 8. The van der Waals surface area contributed by atoms with Gasteiger partial charge in [-0.05, 0) is 74.1 Å². The molecular formula is C31H34N2O4. The van der Waals surface area contributed by atoms with Gasteiger partial charge in [0.1, 0.15) is 0 Å². The van der Waals surface area contributed by atoms with Crippen molar-refractivity contribution in [2.24, 2.45) is 0 Å². The van der Waals surface area contributed by atoms with Crippen molar-refractivity contribution in [3.05, 3.63) is 94.0 Å². The number of hydrogen-bond donors (Lipinski definition) is 1. The molecule has 0 saturated carbocycles. The number of benzene rings is 3. The van der Waals surface area contributed by atoms with E-state index in [2.05, 4.69) is 30.4 Å². The fourth-order valence-corrected chi connectivity index (χ4v) is 5.66. The third-order valence-electron chi connectivity index (χ3n) is 7.26. The van der Waals surface area contributed by atoms with Gasteiger partial charge in [-0.15, -0.1) is 0 Å². The molecular weight excluding hydrogens is 464 g/mol. The van der Waals surface area contributed by atoms with Gasteiger partial charge in [0.15, 0.2) is 11.5 Å². The van der Waals surface area contributed by atoms with Crippen LogP contribution in [-0.4, -0.2) is 43.0 Å². The summed E-state index contributed by atoms with van der Waals surface area (Å²) in [5.41, 5.74) is 5.83. The number of ether oxygens (including phenoxy) is 2. The van der Waals surface area contributed by atoms with Crippen LogP contribution >= 0.6 is 0 Å². The summed E-state index contributed by atoms with van der Waals surface area (Å²) in [6.45, 7) is 8.07. The largest absolute Gasteiger partial charge is 0.490 e. The summed E-state index contributed by atoms with van der Waals surface area (Å²) in [7, 11) is 0. The van der Waals surface area contributed by atoms with Crippen LogP contribution in [0.4, 0.5) is 0 Å². The Morgan fingerprint density at radius 1 is 0.973 bits per heavy atom. The van der Waals surface area contributed by atoms with Crippen molar-refractivity contribution < 1.29 is 19.1 Å². The molecule has 3 aromatic rings. The first-order valence-electron chi connectivity index (χ1n) is 13.2. The predicted molar refractivity (Wildman–Crippen MR) is 143 cm³/mol. The maximum absolute atomic E-state index is 13.9. The lowest BCUT2D eigenvalue weighted by Crippen LogP contribution is -2.50. The standard InChI is InChI=1S/C31H34N2O4/c1-4-36-26-18-22-14-16-33-29(25(22)19-27(26)37-5-2)28(23-11-6-7-12-24(23)31(33)35)30(34)32-15-13-21-10-8-9-20(3)17-21/h6-12,17-19,28-29H,4-5,13-16H2,1-3H3,(H,32,34)/t28-,29-/m0/s1. The van der Waals surface area contributed by atoms with E-state index in [1.54, 1.807) is 0 Å². The summed E-state index contributed by atoms with van der Waals surface area (Å²) in [5, 5.41) is 3.18. The second-order valence-electron chi connectivity index (χ2n) is 9.65. The molecule has 2 aliphatic rings. The summed E-state index contributed by atoms with van der Waals surface area (Å²) in [4.78, 5) is 29.3. The maximum atomic E-state index is 13.9. The van der Waals surface area contributed by atoms with Crippen LogP contribution < -0.4 is 14.8 Å². The number of carbonyl (C=O) groups excluding carboxylic acids is 2. The van der Waals surface area contributed by atoms with Crippen molar-refractivity contribution in [3.63, 3.8) is 0 Å². The number of nitrogens with one attached hydrogen (secondary N) is 1. The van der Waals surface area contributed by atoms with Gasteiger partial charge in [-0.3, -0.25) is 9.59 Å². The highest BCUT2D eigenvalue weighted by molar-refractivity contribution is 6.01. The van der Waals surface area contributed by atoms with Crippen molar-refractivity contribution in [3.8, 4) is 11.5 Å². The van der Waals surface area contributed by atoms with Crippen LogP contribution in [0.1, 0.15) is 64.0 Å². The van der Waals surface area contributed by atoms with Gasteiger partial charge in [-0.25, -0.2) is 0 Å². The summed E-state index contributed by atoms with van der Waals surface area (Å²) < 4.78 is 11.8. The van der Waals surface area contributed by atoms with E-state index in [0.717, 1.165) is 23.1 Å². The molecule has 5 rings (SSSR count). The van der Waals surface area contributed by atoms with Gasteiger partial charge < -0.3 is 19.7 Å². The van der Waals surface area contributed by atoms with Crippen LogP contribution in [0.2, 0.25) is 0 Å². The van der Waals surface area contributed by atoms with Crippen LogP contribution in [-0.2, 0) is 17.6 Å². The molecule has 6 heteroatoms. The topological polar surface area (TPSA) is 67.9 Å². The van der Waals surface area contributed by atoms with E-state index in [1.165, 1.54) is 11.1 Å². The van der Waals surface area contributed by atoms with Gasteiger partial charge in [-0.2, -0.15) is 0 Å². The molecule has 0 aromatic heterocycles. The molecule has 2 heterocycles. The molecule has 37 heavy (non-hydrogen) atoms. The smallest absolute Gasteiger partial charge is 0.254 e. The number of hydrogen-bond acceptors (Lipinski definition) is 4. The fraction of sp³-hybridized carbons (Fsp3) is 0.355. The molecule has 0 fully saturated rings. The number of carbonyl (C=O) groups is 2. The number of aryl methyl sites for hydroxylation is 1. The summed E-state index contributed by atoms with van der Waals surface area (Å²) in [6, 6.07) is 19.5. The summed E-state index contributed by atoms with van der Waals surface area (Å²) in [5.74, 6) is 0.746. The zero-order valence-corrected chi connectivity index (χ0v) is 21.8. The number of fused-ring (bicyclic) bond motifs is 4. The Labute approximate surface area is 218 Å².